The summed E-state index contributed by atoms with van der Waals surface area (Å²) in [6, 6.07) is 5.76. The van der Waals surface area contributed by atoms with Crippen LogP contribution in [-0.4, -0.2) is 22.6 Å². The summed E-state index contributed by atoms with van der Waals surface area (Å²) in [7, 11) is 0. The molecule has 20 heavy (non-hydrogen) atoms. The highest BCUT2D eigenvalue weighted by atomic mass is 35.5. The fraction of sp³-hybridized carbons (Fsp3) is 0.429. The van der Waals surface area contributed by atoms with Crippen LogP contribution in [-0.2, 0) is 4.79 Å². The molecule has 5 nitrogen and oxygen atoms in total. The predicted molar refractivity (Wildman–Crippen MR) is 81.9 cm³/mol. The maximum atomic E-state index is 12.5. The Morgan fingerprint density at radius 1 is 1.40 bits per heavy atom. The SMILES string of the molecule is Cl.NCC1(C(=O)Nc2cccc3cn[nH]c23)CCCC1. The molecule has 1 heterocycles. The molecule has 0 bridgehead atoms. The van der Waals surface area contributed by atoms with Gasteiger partial charge in [-0.2, -0.15) is 5.10 Å². The van der Waals surface area contributed by atoms with Crippen molar-refractivity contribution in [3.63, 3.8) is 0 Å². The van der Waals surface area contributed by atoms with Crippen LogP contribution in [0.15, 0.2) is 24.4 Å². The summed E-state index contributed by atoms with van der Waals surface area (Å²) < 4.78 is 0. The van der Waals surface area contributed by atoms with Gasteiger partial charge in [0.25, 0.3) is 0 Å². The van der Waals surface area contributed by atoms with Crippen LogP contribution in [0, 0.1) is 5.41 Å². The van der Waals surface area contributed by atoms with Gasteiger partial charge in [0, 0.05) is 11.9 Å². The molecule has 0 unspecified atom stereocenters. The molecule has 0 saturated heterocycles. The summed E-state index contributed by atoms with van der Waals surface area (Å²) in [5.74, 6) is 0.0367. The molecular formula is C14H19ClN4O. The molecule has 1 saturated carbocycles. The highest BCUT2D eigenvalue weighted by Gasteiger charge is 2.39. The Bertz CT molecular complexity index is 604. The van der Waals surface area contributed by atoms with E-state index in [4.69, 9.17) is 5.73 Å². The van der Waals surface area contributed by atoms with E-state index in [9.17, 15) is 4.79 Å². The maximum absolute atomic E-state index is 12.5. The number of amides is 1. The number of aromatic nitrogens is 2. The van der Waals surface area contributed by atoms with E-state index in [1.165, 1.54) is 0 Å². The minimum Gasteiger partial charge on any atom is -0.329 e. The number of para-hydroxylation sites is 1. The zero-order valence-electron chi connectivity index (χ0n) is 11.2. The number of nitrogens with zero attached hydrogens (tertiary/aromatic N) is 1. The lowest BCUT2D eigenvalue weighted by molar-refractivity contribution is -0.124. The minimum absolute atomic E-state index is 0. The number of carbonyl (C=O) groups excluding carboxylic acids is 1. The molecule has 0 spiro atoms. The molecule has 0 aliphatic heterocycles. The van der Waals surface area contributed by atoms with Gasteiger partial charge in [0.1, 0.15) is 0 Å². The summed E-state index contributed by atoms with van der Waals surface area (Å²) in [5.41, 5.74) is 7.09. The van der Waals surface area contributed by atoms with Crippen LogP contribution in [0.5, 0.6) is 0 Å². The van der Waals surface area contributed by atoms with E-state index < -0.39 is 0 Å². The fourth-order valence-corrected chi connectivity index (χ4v) is 2.90. The van der Waals surface area contributed by atoms with Gasteiger partial charge in [-0.25, -0.2) is 0 Å². The normalized spacial score (nSPS) is 16.9. The first-order valence-electron chi connectivity index (χ1n) is 6.69. The van der Waals surface area contributed by atoms with Gasteiger partial charge < -0.3 is 11.1 Å². The van der Waals surface area contributed by atoms with Crippen molar-refractivity contribution in [1.82, 2.24) is 10.2 Å². The zero-order valence-corrected chi connectivity index (χ0v) is 12.0. The average molecular weight is 295 g/mol. The first-order chi connectivity index (χ1) is 9.25. The van der Waals surface area contributed by atoms with Gasteiger partial charge in [-0.1, -0.05) is 25.0 Å². The Hall–Kier alpha value is -1.59. The van der Waals surface area contributed by atoms with Gasteiger partial charge >= 0.3 is 0 Å². The van der Waals surface area contributed by atoms with E-state index in [1.807, 2.05) is 18.2 Å². The molecule has 1 aromatic carbocycles. The van der Waals surface area contributed by atoms with E-state index in [0.717, 1.165) is 42.3 Å². The van der Waals surface area contributed by atoms with Crippen molar-refractivity contribution in [3.05, 3.63) is 24.4 Å². The standard InChI is InChI=1S/C14H18N4O.ClH/c15-9-14(6-1-2-7-14)13(19)17-11-5-3-4-10-8-16-18-12(10)11;/h3-5,8H,1-2,6-7,9,15H2,(H,16,18)(H,17,19);1H. The van der Waals surface area contributed by atoms with Gasteiger partial charge in [0.05, 0.1) is 22.8 Å². The number of nitrogens with two attached hydrogens (primary N) is 1. The van der Waals surface area contributed by atoms with Crippen molar-refractivity contribution < 1.29 is 4.79 Å². The van der Waals surface area contributed by atoms with Crippen molar-refractivity contribution in [2.75, 3.05) is 11.9 Å². The monoisotopic (exact) mass is 294 g/mol. The number of halogens is 1. The third kappa shape index (κ3) is 2.39. The van der Waals surface area contributed by atoms with Crippen molar-refractivity contribution in [2.24, 2.45) is 11.1 Å². The number of hydrogen-bond donors (Lipinski definition) is 3. The fourth-order valence-electron chi connectivity index (χ4n) is 2.90. The topological polar surface area (TPSA) is 83.8 Å². The number of fused-ring (bicyclic) bond motifs is 1. The first kappa shape index (κ1) is 14.8. The van der Waals surface area contributed by atoms with Gasteiger partial charge in [0.15, 0.2) is 0 Å². The summed E-state index contributed by atoms with van der Waals surface area (Å²) in [5, 5.41) is 10.9. The third-order valence-corrected chi connectivity index (χ3v) is 4.16. The Kier molecular flexibility index (Phi) is 4.30. The summed E-state index contributed by atoms with van der Waals surface area (Å²) in [6.07, 6.45) is 5.68. The Morgan fingerprint density at radius 2 is 2.15 bits per heavy atom. The molecular weight excluding hydrogens is 276 g/mol. The largest absolute Gasteiger partial charge is 0.329 e. The highest BCUT2D eigenvalue weighted by molar-refractivity contribution is 6.02. The van der Waals surface area contributed by atoms with Gasteiger partial charge in [-0.05, 0) is 18.9 Å². The third-order valence-electron chi connectivity index (χ3n) is 4.16. The molecule has 0 atom stereocenters. The Labute approximate surface area is 123 Å². The number of carbonyl (C=O) groups is 1. The number of nitrogens with one attached hydrogen (secondary N) is 2. The molecule has 1 amide bonds. The van der Waals surface area contributed by atoms with Crippen LogP contribution >= 0.6 is 12.4 Å². The van der Waals surface area contributed by atoms with Gasteiger partial charge in [-0.3, -0.25) is 9.89 Å². The van der Waals surface area contributed by atoms with Crippen LogP contribution in [0.25, 0.3) is 10.9 Å². The predicted octanol–water partition coefficient (Wildman–Crippen LogP) is 2.44. The van der Waals surface area contributed by atoms with Crippen LogP contribution in [0.1, 0.15) is 25.7 Å². The molecule has 1 aliphatic rings. The van der Waals surface area contributed by atoms with Crippen LogP contribution < -0.4 is 11.1 Å². The molecule has 4 N–H and O–H groups in total. The molecule has 108 valence electrons. The number of rotatable bonds is 3. The van der Waals surface area contributed by atoms with Crippen LogP contribution in [0.3, 0.4) is 0 Å². The van der Waals surface area contributed by atoms with Crippen molar-refractivity contribution >= 4 is 34.9 Å². The number of hydrogen-bond acceptors (Lipinski definition) is 3. The smallest absolute Gasteiger partial charge is 0.231 e. The average Bonchev–Trinajstić information content (AvgIpc) is 3.08. The van der Waals surface area contributed by atoms with Crippen molar-refractivity contribution in [2.45, 2.75) is 25.7 Å². The van der Waals surface area contributed by atoms with E-state index >= 15 is 0 Å². The first-order valence-corrected chi connectivity index (χ1v) is 6.69. The Morgan fingerprint density at radius 3 is 2.85 bits per heavy atom. The van der Waals surface area contributed by atoms with Crippen molar-refractivity contribution in [1.29, 1.82) is 0 Å². The molecule has 3 rings (SSSR count). The molecule has 1 aromatic heterocycles. The Balaban J connectivity index is 0.00000147. The summed E-state index contributed by atoms with van der Waals surface area (Å²) >= 11 is 0. The number of aromatic amines is 1. The molecule has 1 aliphatic carbocycles. The van der Waals surface area contributed by atoms with Gasteiger partial charge in [0.2, 0.25) is 5.91 Å². The van der Waals surface area contributed by atoms with Crippen molar-refractivity contribution in [3.8, 4) is 0 Å². The van der Waals surface area contributed by atoms with Gasteiger partial charge in [-0.15, -0.1) is 12.4 Å². The minimum atomic E-state index is -0.387. The summed E-state index contributed by atoms with van der Waals surface area (Å²) in [6.45, 7) is 0.414. The lowest BCUT2D eigenvalue weighted by Gasteiger charge is -2.25. The van der Waals surface area contributed by atoms with Crippen LogP contribution in [0.4, 0.5) is 5.69 Å². The number of benzene rings is 1. The second kappa shape index (κ2) is 5.81. The van der Waals surface area contributed by atoms with E-state index in [-0.39, 0.29) is 23.7 Å². The van der Waals surface area contributed by atoms with E-state index in [1.54, 1.807) is 6.20 Å². The highest BCUT2D eigenvalue weighted by Crippen LogP contribution is 2.38. The second-order valence-corrected chi connectivity index (χ2v) is 5.29. The van der Waals surface area contributed by atoms with Crippen LogP contribution in [0.2, 0.25) is 0 Å². The quantitative estimate of drug-likeness (QED) is 0.813. The second-order valence-electron chi connectivity index (χ2n) is 5.29. The molecule has 6 heteroatoms. The maximum Gasteiger partial charge on any atom is 0.231 e. The number of H-pyrrole nitrogens is 1. The lowest BCUT2D eigenvalue weighted by atomic mass is 9.85. The zero-order chi connectivity index (χ0) is 13.3. The molecule has 2 aromatic rings. The van der Waals surface area contributed by atoms with E-state index in [2.05, 4.69) is 15.5 Å². The molecule has 1 fully saturated rings. The number of anilines is 1. The van der Waals surface area contributed by atoms with E-state index in [0.29, 0.717) is 6.54 Å². The summed E-state index contributed by atoms with van der Waals surface area (Å²) in [4.78, 5) is 12.5. The lowest BCUT2D eigenvalue weighted by Crippen LogP contribution is -2.40. The molecule has 0 radical (unpaired) electrons.